The van der Waals surface area contributed by atoms with Crippen LogP contribution in [0, 0.1) is 0 Å². The number of carbonyl (C=O) groups is 1. The molecule has 0 aliphatic rings. The number of anilines is 1. The Morgan fingerprint density at radius 2 is 1.86 bits per heavy atom. The molecule has 0 saturated carbocycles. The van der Waals surface area contributed by atoms with Gasteiger partial charge in [-0.3, -0.25) is 4.79 Å². The van der Waals surface area contributed by atoms with Crippen molar-refractivity contribution in [3.05, 3.63) is 25.6 Å². The Morgan fingerprint density at radius 3 is 2.43 bits per heavy atom. The van der Waals surface area contributed by atoms with Gasteiger partial charge in [0.05, 0.1) is 12.2 Å². The average Bonchev–Trinajstić information content (AvgIpc) is 2.41. The van der Waals surface area contributed by atoms with Crippen molar-refractivity contribution < 1.29 is 4.79 Å². The summed E-state index contributed by atoms with van der Waals surface area (Å²) in [6.07, 6.45) is 3.12. The van der Waals surface area contributed by atoms with E-state index in [9.17, 15) is 4.79 Å². The summed E-state index contributed by atoms with van der Waals surface area (Å²) in [6.45, 7) is 4.21. The summed E-state index contributed by atoms with van der Waals surface area (Å²) in [6, 6.07) is 3.83. The molecule has 0 spiro atoms. The fourth-order valence-corrected chi connectivity index (χ4v) is 4.10. The van der Waals surface area contributed by atoms with Crippen molar-refractivity contribution in [2.75, 3.05) is 11.9 Å². The number of hydrogen-bond acceptors (Lipinski definition) is 3. The molecule has 1 rings (SSSR count). The second kappa shape index (κ2) is 9.58. The zero-order chi connectivity index (χ0) is 15.8. The van der Waals surface area contributed by atoms with Crippen LogP contribution in [-0.2, 0) is 4.79 Å². The number of unbranched alkanes of at least 4 members (excludes halogenated alkanes) is 1. The molecule has 7 heteroatoms. The van der Waals surface area contributed by atoms with Crippen molar-refractivity contribution in [1.29, 1.82) is 0 Å². The average molecular weight is 484 g/mol. The zero-order valence-electron chi connectivity index (χ0n) is 12.0. The van der Waals surface area contributed by atoms with Crippen molar-refractivity contribution in [3.8, 4) is 0 Å². The first-order valence-electron chi connectivity index (χ1n) is 6.64. The molecule has 0 aliphatic heterocycles. The summed E-state index contributed by atoms with van der Waals surface area (Å²) in [5.41, 5.74) is 4.33. The Bertz CT molecular complexity index is 509. The SMILES string of the molecule is CCCC/C(C)=N/NC(=O)CNc1c(Br)cc(Br)cc1Br. The molecule has 0 fully saturated rings. The van der Waals surface area contributed by atoms with Crippen molar-refractivity contribution in [1.82, 2.24) is 5.43 Å². The van der Waals surface area contributed by atoms with Crippen molar-refractivity contribution in [2.24, 2.45) is 5.10 Å². The van der Waals surface area contributed by atoms with E-state index in [1.54, 1.807) is 0 Å². The molecule has 21 heavy (non-hydrogen) atoms. The Labute approximate surface area is 150 Å². The molecular weight excluding hydrogens is 466 g/mol. The molecule has 1 aromatic carbocycles. The molecule has 0 aliphatic carbocycles. The first kappa shape index (κ1) is 18.6. The Kier molecular flexibility index (Phi) is 8.51. The zero-order valence-corrected chi connectivity index (χ0v) is 16.7. The third kappa shape index (κ3) is 6.93. The van der Waals surface area contributed by atoms with Crippen LogP contribution in [-0.4, -0.2) is 18.2 Å². The lowest BCUT2D eigenvalue weighted by atomic mass is 10.2. The number of rotatable bonds is 7. The summed E-state index contributed by atoms with van der Waals surface area (Å²) >= 11 is 10.3. The van der Waals surface area contributed by atoms with Gasteiger partial charge in [-0.15, -0.1) is 0 Å². The normalized spacial score (nSPS) is 11.4. The van der Waals surface area contributed by atoms with Gasteiger partial charge in [0.1, 0.15) is 0 Å². The Hall–Kier alpha value is -0.400. The van der Waals surface area contributed by atoms with E-state index in [2.05, 4.69) is 70.6 Å². The predicted octanol–water partition coefficient (Wildman–Crippen LogP) is 5.07. The molecule has 0 saturated heterocycles. The molecular formula is C14H18Br3N3O. The molecule has 0 atom stereocenters. The minimum atomic E-state index is -0.174. The Balaban J connectivity index is 2.50. The molecule has 0 bridgehead atoms. The number of benzene rings is 1. The number of nitrogens with one attached hydrogen (secondary N) is 2. The largest absolute Gasteiger partial charge is 0.374 e. The van der Waals surface area contributed by atoms with E-state index in [0.717, 1.165) is 44.1 Å². The van der Waals surface area contributed by atoms with E-state index < -0.39 is 0 Å². The molecule has 4 nitrogen and oxygen atoms in total. The summed E-state index contributed by atoms with van der Waals surface area (Å²) in [5, 5.41) is 7.16. The lowest BCUT2D eigenvalue weighted by molar-refractivity contribution is -0.119. The van der Waals surface area contributed by atoms with Crippen LogP contribution in [0.2, 0.25) is 0 Å². The van der Waals surface area contributed by atoms with Crippen LogP contribution in [0.5, 0.6) is 0 Å². The van der Waals surface area contributed by atoms with E-state index in [1.807, 2.05) is 19.1 Å². The first-order valence-corrected chi connectivity index (χ1v) is 9.02. The molecule has 1 amide bonds. The van der Waals surface area contributed by atoms with E-state index in [0.29, 0.717) is 0 Å². The van der Waals surface area contributed by atoms with Crippen LogP contribution in [0.3, 0.4) is 0 Å². The molecule has 1 aromatic rings. The minimum Gasteiger partial charge on any atom is -0.374 e. The van der Waals surface area contributed by atoms with E-state index in [-0.39, 0.29) is 12.5 Å². The predicted molar refractivity (Wildman–Crippen MR) is 98.8 cm³/mol. The van der Waals surface area contributed by atoms with Crippen molar-refractivity contribution in [3.63, 3.8) is 0 Å². The molecule has 0 unspecified atom stereocenters. The Morgan fingerprint density at radius 1 is 1.24 bits per heavy atom. The van der Waals surface area contributed by atoms with Gasteiger partial charge >= 0.3 is 0 Å². The maximum Gasteiger partial charge on any atom is 0.259 e. The lowest BCUT2D eigenvalue weighted by Crippen LogP contribution is -2.26. The first-order chi connectivity index (χ1) is 9.93. The van der Waals surface area contributed by atoms with Gasteiger partial charge in [-0.25, -0.2) is 5.43 Å². The van der Waals surface area contributed by atoms with Crippen LogP contribution in [0.15, 0.2) is 30.7 Å². The molecule has 116 valence electrons. The third-order valence-corrected chi connectivity index (χ3v) is 4.40. The van der Waals surface area contributed by atoms with Gasteiger partial charge in [0, 0.05) is 19.1 Å². The number of amides is 1. The second-order valence-corrected chi connectivity index (χ2v) is 7.21. The maximum atomic E-state index is 11.8. The van der Waals surface area contributed by atoms with Crippen LogP contribution >= 0.6 is 47.8 Å². The smallest absolute Gasteiger partial charge is 0.259 e. The van der Waals surface area contributed by atoms with Crippen LogP contribution < -0.4 is 10.7 Å². The highest BCUT2D eigenvalue weighted by Crippen LogP contribution is 2.34. The molecule has 0 heterocycles. The highest BCUT2D eigenvalue weighted by molar-refractivity contribution is 9.11. The van der Waals surface area contributed by atoms with Crippen molar-refractivity contribution in [2.45, 2.75) is 33.1 Å². The molecule has 2 N–H and O–H groups in total. The topological polar surface area (TPSA) is 53.5 Å². The maximum absolute atomic E-state index is 11.8. The summed E-state index contributed by atoms with van der Waals surface area (Å²) in [5.74, 6) is -0.174. The number of hydrazone groups is 1. The number of halogens is 3. The standard InChI is InChI=1S/C14H18Br3N3O/c1-3-4-5-9(2)19-20-13(21)8-18-14-11(16)6-10(15)7-12(14)17/h6-7,18H,3-5,8H2,1-2H3,(H,20,21)/b19-9+. The van der Waals surface area contributed by atoms with E-state index >= 15 is 0 Å². The number of hydrogen-bond donors (Lipinski definition) is 2. The lowest BCUT2D eigenvalue weighted by Gasteiger charge is -2.10. The third-order valence-electron chi connectivity index (χ3n) is 2.70. The van der Waals surface area contributed by atoms with E-state index in [1.165, 1.54) is 0 Å². The second-order valence-electron chi connectivity index (χ2n) is 4.58. The highest BCUT2D eigenvalue weighted by Gasteiger charge is 2.08. The van der Waals surface area contributed by atoms with Crippen molar-refractivity contribution >= 4 is 65.1 Å². The fraction of sp³-hybridized carbons (Fsp3) is 0.429. The van der Waals surface area contributed by atoms with Gasteiger partial charge in [-0.1, -0.05) is 29.3 Å². The van der Waals surface area contributed by atoms with Gasteiger partial charge in [-0.05, 0) is 63.8 Å². The van der Waals surface area contributed by atoms with Crippen LogP contribution in [0.1, 0.15) is 33.1 Å². The summed E-state index contributed by atoms with van der Waals surface area (Å²) in [4.78, 5) is 11.8. The quantitative estimate of drug-likeness (QED) is 0.420. The highest BCUT2D eigenvalue weighted by atomic mass is 79.9. The van der Waals surface area contributed by atoms with Crippen LogP contribution in [0.25, 0.3) is 0 Å². The number of nitrogens with zero attached hydrogens (tertiary/aromatic N) is 1. The fourth-order valence-electron chi connectivity index (χ4n) is 1.57. The van der Waals surface area contributed by atoms with E-state index in [4.69, 9.17) is 0 Å². The van der Waals surface area contributed by atoms with Gasteiger partial charge in [0.25, 0.3) is 5.91 Å². The summed E-state index contributed by atoms with van der Waals surface area (Å²) in [7, 11) is 0. The van der Waals surface area contributed by atoms with Gasteiger partial charge in [0.2, 0.25) is 0 Å². The van der Waals surface area contributed by atoms with Gasteiger partial charge in [0.15, 0.2) is 0 Å². The van der Waals surface area contributed by atoms with Crippen LogP contribution in [0.4, 0.5) is 5.69 Å². The van der Waals surface area contributed by atoms with Gasteiger partial charge < -0.3 is 5.32 Å². The minimum absolute atomic E-state index is 0.156. The van der Waals surface area contributed by atoms with Gasteiger partial charge in [-0.2, -0.15) is 5.10 Å². The molecule has 0 radical (unpaired) electrons. The summed E-state index contributed by atoms with van der Waals surface area (Å²) < 4.78 is 2.70. The number of carbonyl (C=O) groups excluding carboxylic acids is 1. The monoisotopic (exact) mass is 481 g/mol. The molecule has 0 aromatic heterocycles.